The maximum absolute atomic E-state index is 14.1. The molecule has 0 spiro atoms. The van der Waals surface area contributed by atoms with Crippen molar-refractivity contribution in [2.24, 2.45) is 0 Å². The Morgan fingerprint density at radius 2 is 1.91 bits per heavy atom. The van der Waals surface area contributed by atoms with Gasteiger partial charge in [-0.2, -0.15) is 15.2 Å². The number of nitrogen functional groups attached to an aromatic ring is 2. The number of nitrogens with zero attached hydrogens (tertiary/aromatic N) is 5. The van der Waals surface area contributed by atoms with E-state index in [1.165, 1.54) is 28.8 Å². The van der Waals surface area contributed by atoms with Gasteiger partial charge in [-0.1, -0.05) is 6.07 Å². The summed E-state index contributed by atoms with van der Waals surface area (Å²) < 4.78 is 29.7. The standard InChI is InChI=1S/C21H15F2IN8O/c1-9(28-18-14(8-25)17(26)30-21(27)31-18)19-29-16-13(6-11(23)7-15(16)24)20(33)32(19)12-4-2-3-10(22)5-12/h2-7,9H,1H3,(H5,26,27,28,30,31)/t9-/m0/s1. The number of hydrogen-bond donors (Lipinski definition) is 3. The molecule has 0 aliphatic heterocycles. The molecule has 12 heteroatoms. The lowest BCUT2D eigenvalue weighted by molar-refractivity contribution is 0.623. The number of aromatic nitrogens is 4. The summed E-state index contributed by atoms with van der Waals surface area (Å²) in [5, 5.41) is 12.5. The fourth-order valence-corrected chi connectivity index (χ4v) is 4.08. The second-order valence-corrected chi connectivity index (χ2v) is 8.20. The SMILES string of the molecule is C[C@H](Nc1nc(N)nc(N)c1C#N)c1nc2c(I)cc(F)cc2c(=O)n1-c1cccc(F)c1. The molecule has 0 aliphatic carbocycles. The number of benzene rings is 2. The summed E-state index contributed by atoms with van der Waals surface area (Å²) in [6.45, 7) is 1.66. The first kappa shape index (κ1) is 22.3. The Labute approximate surface area is 199 Å². The number of nitrogens with one attached hydrogen (secondary N) is 1. The van der Waals surface area contributed by atoms with E-state index in [-0.39, 0.29) is 45.6 Å². The van der Waals surface area contributed by atoms with E-state index in [1.54, 1.807) is 6.92 Å². The number of fused-ring (bicyclic) bond motifs is 1. The predicted octanol–water partition coefficient (Wildman–Crippen LogP) is 3.27. The van der Waals surface area contributed by atoms with E-state index < -0.39 is 23.2 Å². The van der Waals surface area contributed by atoms with Gasteiger partial charge >= 0.3 is 0 Å². The minimum Gasteiger partial charge on any atom is -0.382 e. The number of anilines is 3. The molecule has 0 radical (unpaired) electrons. The molecule has 9 nitrogen and oxygen atoms in total. The van der Waals surface area contributed by atoms with Crippen LogP contribution >= 0.6 is 22.6 Å². The van der Waals surface area contributed by atoms with Crippen LogP contribution in [0.25, 0.3) is 16.6 Å². The van der Waals surface area contributed by atoms with E-state index in [2.05, 4.69) is 20.3 Å². The minimum atomic E-state index is -0.743. The fraction of sp³-hybridized carbons (Fsp3) is 0.0952. The van der Waals surface area contributed by atoms with E-state index in [1.807, 2.05) is 28.7 Å². The Balaban J connectivity index is 1.98. The van der Waals surface area contributed by atoms with E-state index in [0.29, 0.717) is 3.57 Å². The zero-order chi connectivity index (χ0) is 23.9. The molecule has 0 amide bonds. The first-order valence-electron chi connectivity index (χ1n) is 9.47. The topological polar surface area (TPSA) is 149 Å². The predicted molar refractivity (Wildman–Crippen MR) is 128 cm³/mol. The molecule has 5 N–H and O–H groups in total. The molecule has 166 valence electrons. The van der Waals surface area contributed by atoms with Gasteiger partial charge in [-0.25, -0.2) is 13.8 Å². The molecule has 0 unspecified atom stereocenters. The largest absolute Gasteiger partial charge is 0.382 e. The van der Waals surface area contributed by atoms with Crippen molar-refractivity contribution in [2.75, 3.05) is 16.8 Å². The summed E-state index contributed by atoms with van der Waals surface area (Å²) in [4.78, 5) is 25.8. The second kappa shape index (κ2) is 8.58. The lowest BCUT2D eigenvalue weighted by Crippen LogP contribution is -2.28. The van der Waals surface area contributed by atoms with Crippen LogP contribution in [0.2, 0.25) is 0 Å². The highest BCUT2D eigenvalue weighted by molar-refractivity contribution is 14.1. The Hall–Kier alpha value is -3.86. The molecule has 0 saturated heterocycles. The normalized spacial score (nSPS) is 11.8. The molecule has 1 atom stereocenters. The van der Waals surface area contributed by atoms with Crippen molar-refractivity contribution in [1.82, 2.24) is 19.5 Å². The summed E-state index contributed by atoms with van der Waals surface area (Å²) in [5.41, 5.74) is 11.3. The summed E-state index contributed by atoms with van der Waals surface area (Å²) in [6, 6.07) is 8.87. The van der Waals surface area contributed by atoms with Crippen LogP contribution in [0.15, 0.2) is 41.2 Å². The Morgan fingerprint density at radius 3 is 2.61 bits per heavy atom. The van der Waals surface area contributed by atoms with Gasteiger partial charge in [0.05, 0.1) is 22.6 Å². The van der Waals surface area contributed by atoms with Crippen LogP contribution in [-0.4, -0.2) is 19.5 Å². The second-order valence-electron chi connectivity index (χ2n) is 7.04. The van der Waals surface area contributed by atoms with Crippen molar-refractivity contribution >= 4 is 51.1 Å². The molecule has 2 aromatic heterocycles. The first-order valence-corrected chi connectivity index (χ1v) is 10.5. The molecule has 2 heterocycles. The lowest BCUT2D eigenvalue weighted by Gasteiger charge is -2.21. The van der Waals surface area contributed by atoms with E-state index >= 15 is 0 Å². The molecule has 2 aromatic carbocycles. The zero-order valence-electron chi connectivity index (χ0n) is 17.0. The minimum absolute atomic E-state index is 0.0341. The number of halogens is 3. The smallest absolute Gasteiger partial charge is 0.266 e. The fourth-order valence-electron chi connectivity index (χ4n) is 3.37. The van der Waals surface area contributed by atoms with Crippen LogP contribution in [0.3, 0.4) is 0 Å². The third-order valence-electron chi connectivity index (χ3n) is 4.79. The Kier molecular flexibility index (Phi) is 5.81. The van der Waals surface area contributed by atoms with Gasteiger partial charge in [-0.3, -0.25) is 9.36 Å². The molecule has 0 saturated carbocycles. The van der Waals surface area contributed by atoms with Gasteiger partial charge in [0.1, 0.15) is 34.9 Å². The van der Waals surface area contributed by atoms with Crippen molar-refractivity contribution in [3.05, 3.63) is 73.3 Å². The van der Waals surface area contributed by atoms with Gasteiger partial charge in [-0.05, 0) is 59.8 Å². The van der Waals surface area contributed by atoms with Gasteiger partial charge in [-0.15, -0.1) is 0 Å². The van der Waals surface area contributed by atoms with Crippen molar-refractivity contribution in [3.63, 3.8) is 0 Å². The number of nitrogens with two attached hydrogens (primary N) is 2. The Bertz CT molecular complexity index is 1520. The van der Waals surface area contributed by atoms with E-state index in [9.17, 15) is 18.8 Å². The average Bonchev–Trinajstić information content (AvgIpc) is 2.74. The lowest BCUT2D eigenvalue weighted by atomic mass is 10.2. The molecule has 4 aromatic rings. The van der Waals surface area contributed by atoms with Crippen molar-refractivity contribution < 1.29 is 8.78 Å². The molecular weight excluding hydrogens is 545 g/mol. The summed E-state index contributed by atoms with van der Waals surface area (Å²) in [7, 11) is 0. The third kappa shape index (κ3) is 4.14. The molecule has 4 rings (SSSR count). The maximum Gasteiger partial charge on any atom is 0.266 e. The van der Waals surface area contributed by atoms with Crippen LogP contribution < -0.4 is 22.3 Å². The van der Waals surface area contributed by atoms with Crippen LogP contribution in [0.5, 0.6) is 0 Å². The maximum atomic E-state index is 14.1. The number of rotatable bonds is 4. The van der Waals surface area contributed by atoms with Crippen LogP contribution in [0.4, 0.5) is 26.4 Å². The molecule has 0 aliphatic rings. The highest BCUT2D eigenvalue weighted by atomic mass is 127. The summed E-state index contributed by atoms with van der Waals surface area (Å²) in [5.74, 6) is -1.21. The highest BCUT2D eigenvalue weighted by Crippen LogP contribution is 2.27. The molecule has 0 bridgehead atoms. The van der Waals surface area contributed by atoms with E-state index in [0.717, 1.165) is 12.1 Å². The van der Waals surface area contributed by atoms with Gasteiger partial charge in [0.25, 0.3) is 5.56 Å². The summed E-state index contributed by atoms with van der Waals surface area (Å²) >= 11 is 1.89. The molecule has 0 fully saturated rings. The van der Waals surface area contributed by atoms with Crippen LogP contribution in [-0.2, 0) is 0 Å². The summed E-state index contributed by atoms with van der Waals surface area (Å²) in [6.07, 6.45) is 0. The molecular formula is C21H15F2IN8O. The quantitative estimate of drug-likeness (QED) is 0.322. The first-order chi connectivity index (χ1) is 15.7. The number of hydrogen-bond acceptors (Lipinski definition) is 8. The van der Waals surface area contributed by atoms with Crippen molar-refractivity contribution in [3.8, 4) is 11.8 Å². The van der Waals surface area contributed by atoms with Crippen LogP contribution in [0, 0.1) is 26.5 Å². The van der Waals surface area contributed by atoms with Crippen molar-refractivity contribution in [1.29, 1.82) is 5.26 Å². The average molecular weight is 560 g/mol. The number of nitriles is 1. The third-order valence-corrected chi connectivity index (χ3v) is 5.61. The Morgan fingerprint density at radius 1 is 1.15 bits per heavy atom. The monoisotopic (exact) mass is 560 g/mol. The van der Waals surface area contributed by atoms with Crippen molar-refractivity contribution in [2.45, 2.75) is 13.0 Å². The van der Waals surface area contributed by atoms with Gasteiger partial charge < -0.3 is 16.8 Å². The van der Waals surface area contributed by atoms with Crippen LogP contribution in [0.1, 0.15) is 24.4 Å². The molecule has 33 heavy (non-hydrogen) atoms. The van der Waals surface area contributed by atoms with Gasteiger partial charge in [0.2, 0.25) is 5.95 Å². The van der Waals surface area contributed by atoms with Gasteiger partial charge in [0, 0.05) is 3.57 Å². The van der Waals surface area contributed by atoms with E-state index in [4.69, 9.17) is 11.5 Å². The zero-order valence-corrected chi connectivity index (χ0v) is 19.1. The van der Waals surface area contributed by atoms with Gasteiger partial charge in [0.15, 0.2) is 5.82 Å². The highest BCUT2D eigenvalue weighted by Gasteiger charge is 2.22.